The van der Waals surface area contributed by atoms with Gasteiger partial charge in [0.1, 0.15) is 17.1 Å². The third-order valence-corrected chi connectivity index (χ3v) is 2.47. The number of benzene rings is 1. The number of aromatic hydroxyl groups is 1. The van der Waals surface area contributed by atoms with E-state index in [1.165, 1.54) is 13.0 Å². The van der Waals surface area contributed by atoms with Gasteiger partial charge < -0.3 is 9.84 Å². The molecule has 0 aliphatic heterocycles. The lowest BCUT2D eigenvalue weighted by Gasteiger charge is -2.19. The van der Waals surface area contributed by atoms with E-state index in [9.17, 15) is 9.90 Å². The molecule has 0 saturated carbocycles. The fourth-order valence-corrected chi connectivity index (χ4v) is 1.46. The molecule has 1 N–H and O–H groups in total. The first-order valence-corrected chi connectivity index (χ1v) is 5.77. The van der Waals surface area contributed by atoms with Crippen LogP contribution in [0.3, 0.4) is 0 Å². The summed E-state index contributed by atoms with van der Waals surface area (Å²) in [6.45, 7) is 8.35. The monoisotopic (exact) mass is 236 g/mol. The van der Waals surface area contributed by atoms with Crippen LogP contribution in [0.5, 0.6) is 11.5 Å². The van der Waals surface area contributed by atoms with Gasteiger partial charge in [0, 0.05) is 0 Å². The molecule has 1 aromatic carbocycles. The molecule has 0 aliphatic rings. The summed E-state index contributed by atoms with van der Waals surface area (Å²) in [6, 6.07) is 4.88. The topological polar surface area (TPSA) is 46.5 Å². The highest BCUT2D eigenvalue weighted by atomic mass is 16.5. The molecule has 0 atom stereocenters. The van der Waals surface area contributed by atoms with Gasteiger partial charge in [0.05, 0.1) is 6.61 Å². The molecule has 0 radical (unpaired) electrons. The molecule has 0 fully saturated rings. The Morgan fingerprint density at radius 3 is 2.53 bits per heavy atom. The molecule has 0 aromatic heterocycles. The van der Waals surface area contributed by atoms with Gasteiger partial charge in [-0.15, -0.1) is 0 Å². The van der Waals surface area contributed by atoms with Crippen molar-refractivity contribution < 1.29 is 14.6 Å². The zero-order valence-corrected chi connectivity index (χ0v) is 10.9. The first kappa shape index (κ1) is 13.6. The Bertz CT molecular complexity index is 402. The Morgan fingerprint density at radius 1 is 1.35 bits per heavy atom. The van der Waals surface area contributed by atoms with Crippen LogP contribution >= 0.6 is 0 Å². The van der Waals surface area contributed by atoms with E-state index in [1.54, 1.807) is 12.1 Å². The molecular weight excluding hydrogens is 216 g/mol. The lowest BCUT2D eigenvalue weighted by atomic mass is 9.93. The number of carbonyl (C=O) groups excluding carboxylic acids is 1. The standard InChI is InChI=1S/C14H20O3/c1-10(15)13-11(16)6-5-7-12(13)17-9-8-14(2,3)4/h5-7,16H,8-9H2,1-4H3. The number of carbonyl (C=O) groups is 1. The van der Waals surface area contributed by atoms with Crippen molar-refractivity contribution in [3.63, 3.8) is 0 Å². The second-order valence-electron chi connectivity index (χ2n) is 5.37. The van der Waals surface area contributed by atoms with Crippen LogP contribution in [0, 0.1) is 5.41 Å². The second-order valence-corrected chi connectivity index (χ2v) is 5.37. The highest BCUT2D eigenvalue weighted by molar-refractivity contribution is 5.99. The minimum atomic E-state index is -0.186. The van der Waals surface area contributed by atoms with E-state index in [0.717, 1.165) is 6.42 Å². The molecule has 1 rings (SSSR count). The Morgan fingerprint density at radius 2 is 2.00 bits per heavy atom. The van der Waals surface area contributed by atoms with E-state index in [2.05, 4.69) is 20.8 Å². The Hall–Kier alpha value is -1.51. The molecule has 0 aliphatic carbocycles. The van der Waals surface area contributed by atoms with E-state index in [4.69, 9.17) is 4.74 Å². The molecule has 3 heteroatoms. The third-order valence-electron chi connectivity index (χ3n) is 2.47. The minimum absolute atomic E-state index is 0.0224. The van der Waals surface area contributed by atoms with Gasteiger partial charge in [-0.05, 0) is 30.9 Å². The SMILES string of the molecule is CC(=O)c1c(O)cccc1OCCC(C)(C)C. The molecule has 0 heterocycles. The summed E-state index contributed by atoms with van der Waals surface area (Å²) in [5, 5.41) is 9.62. The summed E-state index contributed by atoms with van der Waals surface area (Å²) < 4.78 is 5.57. The van der Waals surface area contributed by atoms with Crippen LogP contribution in [0.1, 0.15) is 44.5 Å². The maximum absolute atomic E-state index is 11.4. The number of hydrogen-bond donors (Lipinski definition) is 1. The van der Waals surface area contributed by atoms with Gasteiger partial charge in [0.15, 0.2) is 5.78 Å². The molecular formula is C14H20O3. The predicted octanol–water partition coefficient (Wildman–Crippen LogP) is 3.41. The van der Waals surface area contributed by atoms with Crippen LogP contribution in [0.15, 0.2) is 18.2 Å². The van der Waals surface area contributed by atoms with E-state index >= 15 is 0 Å². The summed E-state index contributed by atoms with van der Waals surface area (Å²) in [6.07, 6.45) is 0.889. The number of hydrogen-bond acceptors (Lipinski definition) is 3. The highest BCUT2D eigenvalue weighted by Crippen LogP contribution is 2.28. The molecule has 0 amide bonds. The van der Waals surface area contributed by atoms with Crippen LogP contribution in [-0.2, 0) is 0 Å². The molecule has 17 heavy (non-hydrogen) atoms. The van der Waals surface area contributed by atoms with Gasteiger partial charge in [-0.1, -0.05) is 26.8 Å². The largest absolute Gasteiger partial charge is 0.507 e. The molecule has 94 valence electrons. The molecule has 3 nitrogen and oxygen atoms in total. The molecule has 0 bridgehead atoms. The lowest BCUT2D eigenvalue weighted by Crippen LogP contribution is -2.12. The van der Waals surface area contributed by atoms with Crippen molar-refractivity contribution in [3.05, 3.63) is 23.8 Å². The van der Waals surface area contributed by atoms with E-state index in [-0.39, 0.29) is 22.5 Å². The first-order valence-electron chi connectivity index (χ1n) is 5.77. The zero-order chi connectivity index (χ0) is 13.1. The fraction of sp³-hybridized carbons (Fsp3) is 0.500. The zero-order valence-electron chi connectivity index (χ0n) is 10.9. The number of Topliss-reactive ketones (excluding diaryl/α,β-unsaturated/α-hetero) is 1. The van der Waals surface area contributed by atoms with Crippen molar-refractivity contribution in [1.29, 1.82) is 0 Å². The smallest absolute Gasteiger partial charge is 0.167 e. The first-order chi connectivity index (χ1) is 7.81. The van der Waals surface area contributed by atoms with Gasteiger partial charge in [-0.25, -0.2) is 0 Å². The summed E-state index contributed by atoms with van der Waals surface area (Å²) in [4.78, 5) is 11.4. The minimum Gasteiger partial charge on any atom is -0.507 e. The summed E-state index contributed by atoms with van der Waals surface area (Å²) in [5.41, 5.74) is 0.453. The Kier molecular flexibility index (Phi) is 4.16. The van der Waals surface area contributed by atoms with Gasteiger partial charge in [-0.2, -0.15) is 0 Å². The average molecular weight is 236 g/mol. The maximum atomic E-state index is 11.4. The molecule has 0 unspecified atom stereocenters. The summed E-state index contributed by atoms with van der Waals surface area (Å²) in [5.74, 6) is 0.251. The summed E-state index contributed by atoms with van der Waals surface area (Å²) >= 11 is 0. The molecule has 1 aromatic rings. The van der Waals surface area contributed by atoms with Gasteiger partial charge in [0.2, 0.25) is 0 Å². The van der Waals surface area contributed by atoms with E-state index in [0.29, 0.717) is 12.4 Å². The van der Waals surface area contributed by atoms with Crippen LogP contribution in [0.25, 0.3) is 0 Å². The van der Waals surface area contributed by atoms with Crippen LogP contribution in [-0.4, -0.2) is 17.5 Å². The second kappa shape index (κ2) is 5.21. The maximum Gasteiger partial charge on any atom is 0.167 e. The number of ether oxygens (including phenoxy) is 1. The summed E-state index contributed by atoms with van der Waals surface area (Å²) in [7, 11) is 0. The van der Waals surface area contributed by atoms with E-state index < -0.39 is 0 Å². The van der Waals surface area contributed by atoms with Crippen molar-refractivity contribution >= 4 is 5.78 Å². The number of phenols is 1. The van der Waals surface area contributed by atoms with Gasteiger partial charge >= 0.3 is 0 Å². The Balaban J connectivity index is 2.78. The van der Waals surface area contributed by atoms with Crippen molar-refractivity contribution in [2.24, 2.45) is 5.41 Å². The van der Waals surface area contributed by atoms with Crippen LogP contribution in [0.4, 0.5) is 0 Å². The van der Waals surface area contributed by atoms with Crippen LogP contribution in [0.2, 0.25) is 0 Å². The van der Waals surface area contributed by atoms with Crippen molar-refractivity contribution in [2.75, 3.05) is 6.61 Å². The van der Waals surface area contributed by atoms with Crippen molar-refractivity contribution in [2.45, 2.75) is 34.1 Å². The average Bonchev–Trinajstić information content (AvgIpc) is 2.14. The van der Waals surface area contributed by atoms with Gasteiger partial charge in [0.25, 0.3) is 0 Å². The third kappa shape index (κ3) is 4.10. The molecule has 0 spiro atoms. The number of phenolic OH excluding ortho intramolecular Hbond substituents is 1. The highest BCUT2D eigenvalue weighted by Gasteiger charge is 2.15. The number of rotatable bonds is 4. The quantitative estimate of drug-likeness (QED) is 0.815. The normalized spacial score (nSPS) is 11.3. The van der Waals surface area contributed by atoms with E-state index in [1.807, 2.05) is 0 Å². The van der Waals surface area contributed by atoms with Crippen LogP contribution < -0.4 is 4.74 Å². The van der Waals surface area contributed by atoms with Gasteiger partial charge in [-0.3, -0.25) is 4.79 Å². The predicted molar refractivity (Wildman–Crippen MR) is 67.7 cm³/mol. The van der Waals surface area contributed by atoms with Crippen molar-refractivity contribution in [3.8, 4) is 11.5 Å². The molecule has 0 saturated heterocycles. The Labute approximate surface area is 102 Å². The fourth-order valence-electron chi connectivity index (χ4n) is 1.46. The van der Waals surface area contributed by atoms with Crippen molar-refractivity contribution in [1.82, 2.24) is 0 Å². The number of ketones is 1. The lowest BCUT2D eigenvalue weighted by molar-refractivity contribution is 0.101.